The number of carbonyl (C=O) groups excluding carboxylic acids is 1. The number of hydrogen-bond donors (Lipinski definition) is 1. The van der Waals surface area contributed by atoms with Gasteiger partial charge in [0.15, 0.2) is 0 Å². The molecule has 0 radical (unpaired) electrons. The molecule has 1 aliphatic heterocycles. The number of terminal acetylenes is 1. The number of nitrogens with zero attached hydrogens (tertiary/aromatic N) is 2. The second-order valence-electron chi connectivity index (χ2n) is 3.15. The highest BCUT2D eigenvalue weighted by Gasteiger charge is 2.31. The molecule has 2 N–H and O–H groups in total. The highest BCUT2D eigenvalue weighted by Crippen LogP contribution is 2.16. The fraction of sp³-hybridized carbons (Fsp3) is 0.600. The predicted molar refractivity (Wildman–Crippen MR) is 64.0 cm³/mol. The van der Waals surface area contributed by atoms with Crippen LogP contribution in [0.3, 0.4) is 0 Å². The number of nitrogens with two attached hydrogens (primary N) is 1. The van der Waals surface area contributed by atoms with Gasteiger partial charge in [0.25, 0.3) is 0 Å². The molecule has 1 rings (SSSR count). The van der Waals surface area contributed by atoms with E-state index in [1.807, 2.05) is 11.8 Å². The highest BCUT2D eigenvalue weighted by atomic mass is 32.2. The van der Waals surface area contributed by atoms with Crippen LogP contribution in [0.15, 0.2) is 4.99 Å². The van der Waals surface area contributed by atoms with E-state index in [9.17, 15) is 4.79 Å². The van der Waals surface area contributed by atoms with E-state index in [1.54, 1.807) is 4.90 Å². The third-order valence-electron chi connectivity index (χ3n) is 2.19. The van der Waals surface area contributed by atoms with Crippen LogP contribution < -0.4 is 5.73 Å². The van der Waals surface area contributed by atoms with Gasteiger partial charge in [-0.2, -0.15) is 16.8 Å². The number of hydrogen-bond acceptors (Lipinski definition) is 3. The molecule has 1 atom stereocenters. The molecule has 2 amide bonds. The molecule has 0 saturated carbocycles. The monoisotopic (exact) mass is 225 g/mol. The fourth-order valence-corrected chi connectivity index (χ4v) is 2.14. The standard InChI is InChI=1S/C10H15N3OS/c1-3-6-13-8(5-7-15-4-2)9(11)12-10(13)14/h1,8H,4-7H2,2H3,(H2,11,12,14). The van der Waals surface area contributed by atoms with Gasteiger partial charge in [-0.05, 0) is 17.9 Å². The Kier molecular flexibility index (Phi) is 4.50. The molecule has 1 aliphatic rings. The molecule has 4 nitrogen and oxygen atoms in total. The molecule has 0 aromatic rings. The zero-order valence-corrected chi connectivity index (χ0v) is 9.59. The van der Waals surface area contributed by atoms with Crippen LogP contribution in [0.25, 0.3) is 0 Å². The van der Waals surface area contributed by atoms with Gasteiger partial charge in [-0.1, -0.05) is 12.8 Å². The molecule has 0 spiro atoms. The summed E-state index contributed by atoms with van der Waals surface area (Å²) in [5.74, 6) is 4.87. The van der Waals surface area contributed by atoms with Crippen molar-refractivity contribution in [1.29, 1.82) is 0 Å². The zero-order chi connectivity index (χ0) is 11.3. The normalized spacial score (nSPS) is 20.3. The second kappa shape index (κ2) is 5.66. The number of aliphatic imine (C=N–C) groups is 1. The number of amidine groups is 1. The number of carbonyl (C=O) groups is 1. The van der Waals surface area contributed by atoms with Crippen molar-refractivity contribution in [3.8, 4) is 12.3 Å². The van der Waals surface area contributed by atoms with Crippen molar-refractivity contribution in [2.75, 3.05) is 18.1 Å². The summed E-state index contributed by atoms with van der Waals surface area (Å²) < 4.78 is 0. The van der Waals surface area contributed by atoms with Crippen LogP contribution in [0.5, 0.6) is 0 Å². The molecule has 1 unspecified atom stereocenters. The molecule has 82 valence electrons. The summed E-state index contributed by atoms with van der Waals surface area (Å²) in [5, 5.41) is 0. The maximum absolute atomic E-state index is 11.4. The summed E-state index contributed by atoms with van der Waals surface area (Å²) in [4.78, 5) is 16.6. The summed E-state index contributed by atoms with van der Waals surface area (Å²) in [5.41, 5.74) is 5.68. The summed E-state index contributed by atoms with van der Waals surface area (Å²) in [7, 11) is 0. The Hall–Kier alpha value is -1.15. The summed E-state index contributed by atoms with van der Waals surface area (Å²) in [6.45, 7) is 2.38. The van der Waals surface area contributed by atoms with Crippen LogP contribution in [0.4, 0.5) is 4.79 Å². The third kappa shape index (κ3) is 2.90. The van der Waals surface area contributed by atoms with Crippen molar-refractivity contribution in [2.24, 2.45) is 10.7 Å². The smallest absolute Gasteiger partial charge is 0.346 e. The Labute approximate surface area is 94.3 Å². The van der Waals surface area contributed by atoms with E-state index in [4.69, 9.17) is 12.2 Å². The molecule has 0 bridgehead atoms. The molecule has 0 fully saturated rings. The van der Waals surface area contributed by atoms with E-state index in [0.717, 1.165) is 17.9 Å². The molecule has 0 aromatic carbocycles. The average Bonchev–Trinajstić information content (AvgIpc) is 2.45. The third-order valence-corrected chi connectivity index (χ3v) is 3.12. The zero-order valence-electron chi connectivity index (χ0n) is 8.77. The van der Waals surface area contributed by atoms with Gasteiger partial charge in [0, 0.05) is 0 Å². The number of thioether (sulfide) groups is 1. The van der Waals surface area contributed by atoms with Gasteiger partial charge >= 0.3 is 6.03 Å². The molecule has 0 aromatic heterocycles. The molecule has 5 heteroatoms. The van der Waals surface area contributed by atoms with Crippen molar-refractivity contribution in [3.05, 3.63) is 0 Å². The van der Waals surface area contributed by atoms with E-state index < -0.39 is 0 Å². The fourth-order valence-electron chi connectivity index (χ4n) is 1.46. The van der Waals surface area contributed by atoms with Gasteiger partial charge in [0.2, 0.25) is 0 Å². The lowest BCUT2D eigenvalue weighted by atomic mass is 10.2. The topological polar surface area (TPSA) is 58.7 Å². The molecule has 0 saturated heterocycles. The van der Waals surface area contributed by atoms with Crippen LogP contribution >= 0.6 is 11.8 Å². The average molecular weight is 225 g/mol. The minimum Gasteiger partial charge on any atom is -0.385 e. The molecule has 15 heavy (non-hydrogen) atoms. The van der Waals surface area contributed by atoms with Gasteiger partial charge in [-0.15, -0.1) is 6.42 Å². The summed E-state index contributed by atoms with van der Waals surface area (Å²) in [6, 6.07) is -0.412. The van der Waals surface area contributed by atoms with Crippen molar-refractivity contribution in [2.45, 2.75) is 19.4 Å². The molecular formula is C10H15N3OS. The number of rotatable bonds is 5. The Morgan fingerprint density at radius 2 is 2.47 bits per heavy atom. The first-order chi connectivity index (χ1) is 7.20. The Morgan fingerprint density at radius 1 is 1.73 bits per heavy atom. The van der Waals surface area contributed by atoms with Gasteiger partial charge in [-0.25, -0.2) is 4.79 Å². The quantitative estimate of drug-likeness (QED) is 0.559. The van der Waals surface area contributed by atoms with E-state index in [-0.39, 0.29) is 18.6 Å². The van der Waals surface area contributed by atoms with Crippen molar-refractivity contribution >= 4 is 23.6 Å². The number of amides is 2. The minimum atomic E-state index is -0.308. The van der Waals surface area contributed by atoms with Crippen LogP contribution in [-0.2, 0) is 0 Å². The van der Waals surface area contributed by atoms with Crippen LogP contribution in [0, 0.1) is 12.3 Å². The van der Waals surface area contributed by atoms with Gasteiger partial charge < -0.3 is 10.6 Å². The number of urea groups is 1. The lowest BCUT2D eigenvalue weighted by Gasteiger charge is -2.21. The summed E-state index contributed by atoms with van der Waals surface area (Å²) >= 11 is 1.82. The lowest BCUT2D eigenvalue weighted by Crippen LogP contribution is -2.41. The van der Waals surface area contributed by atoms with E-state index >= 15 is 0 Å². The van der Waals surface area contributed by atoms with Crippen LogP contribution in [0.1, 0.15) is 13.3 Å². The Balaban J connectivity index is 2.55. The molecule has 0 aliphatic carbocycles. The van der Waals surface area contributed by atoms with Crippen LogP contribution in [-0.4, -0.2) is 40.9 Å². The van der Waals surface area contributed by atoms with Crippen molar-refractivity contribution in [3.63, 3.8) is 0 Å². The maximum atomic E-state index is 11.4. The first-order valence-corrected chi connectivity index (χ1v) is 6.02. The van der Waals surface area contributed by atoms with E-state index in [0.29, 0.717) is 5.84 Å². The highest BCUT2D eigenvalue weighted by molar-refractivity contribution is 7.99. The van der Waals surface area contributed by atoms with Gasteiger partial charge in [0.05, 0.1) is 12.6 Å². The van der Waals surface area contributed by atoms with Crippen molar-refractivity contribution < 1.29 is 4.79 Å². The van der Waals surface area contributed by atoms with Crippen LogP contribution in [0.2, 0.25) is 0 Å². The van der Waals surface area contributed by atoms with E-state index in [2.05, 4.69) is 17.8 Å². The molecule has 1 heterocycles. The molecular weight excluding hydrogens is 210 g/mol. The second-order valence-corrected chi connectivity index (χ2v) is 4.55. The lowest BCUT2D eigenvalue weighted by molar-refractivity contribution is 0.212. The van der Waals surface area contributed by atoms with E-state index in [1.165, 1.54) is 0 Å². The first-order valence-electron chi connectivity index (χ1n) is 4.86. The summed E-state index contributed by atoms with van der Waals surface area (Å²) in [6.07, 6.45) is 6.01. The maximum Gasteiger partial charge on any atom is 0.346 e. The van der Waals surface area contributed by atoms with Gasteiger partial charge in [0.1, 0.15) is 5.84 Å². The Morgan fingerprint density at radius 3 is 3.07 bits per heavy atom. The largest absolute Gasteiger partial charge is 0.385 e. The Bertz CT molecular complexity index is 308. The SMILES string of the molecule is C#CCN1C(=O)N=C(N)C1CCSCC. The first kappa shape index (κ1) is 11.9. The van der Waals surface area contributed by atoms with Crippen molar-refractivity contribution in [1.82, 2.24) is 4.90 Å². The van der Waals surface area contributed by atoms with Gasteiger partial charge in [-0.3, -0.25) is 0 Å². The predicted octanol–water partition coefficient (Wildman–Crippen LogP) is 0.924. The minimum absolute atomic E-state index is 0.104.